The summed E-state index contributed by atoms with van der Waals surface area (Å²) in [6.07, 6.45) is -4.02. The number of aromatic nitrogens is 2. The molecule has 1 atom stereocenters. The smallest absolute Gasteiger partial charge is 0.419 e. The number of rotatable bonds is 4. The van der Waals surface area contributed by atoms with Crippen molar-refractivity contribution in [1.29, 1.82) is 0 Å². The van der Waals surface area contributed by atoms with E-state index in [1.807, 2.05) is 6.92 Å². The Morgan fingerprint density at radius 2 is 2.10 bits per heavy atom. The highest BCUT2D eigenvalue weighted by Crippen LogP contribution is 2.37. The van der Waals surface area contributed by atoms with E-state index in [-0.39, 0.29) is 17.3 Å². The number of hydrogen-bond donors (Lipinski definition) is 2. The number of aromatic hydroxyl groups is 1. The van der Waals surface area contributed by atoms with Crippen LogP contribution >= 0.6 is 0 Å². The van der Waals surface area contributed by atoms with Gasteiger partial charge in [-0.25, -0.2) is 0 Å². The molecule has 0 saturated heterocycles. The average molecular weight is 301 g/mol. The fraction of sp³-hybridized carbons (Fsp3) is 0.385. The van der Waals surface area contributed by atoms with E-state index in [4.69, 9.17) is 10.3 Å². The summed E-state index contributed by atoms with van der Waals surface area (Å²) in [5.74, 6) is -0.557. The normalized spacial score (nSPS) is 13.4. The molecule has 21 heavy (non-hydrogen) atoms. The minimum Gasteiger partial charge on any atom is -0.507 e. The van der Waals surface area contributed by atoms with E-state index in [1.54, 1.807) is 0 Å². The molecule has 0 radical (unpaired) electrons. The van der Waals surface area contributed by atoms with Gasteiger partial charge in [0.05, 0.1) is 5.56 Å². The van der Waals surface area contributed by atoms with Crippen LogP contribution < -0.4 is 5.73 Å². The third kappa shape index (κ3) is 3.33. The van der Waals surface area contributed by atoms with Crippen molar-refractivity contribution < 1.29 is 22.8 Å². The number of halogens is 3. The molecule has 8 heteroatoms. The zero-order valence-corrected chi connectivity index (χ0v) is 11.2. The Labute approximate surface area is 118 Å². The van der Waals surface area contributed by atoms with Crippen LogP contribution in [0.15, 0.2) is 22.7 Å². The second-order valence-electron chi connectivity index (χ2n) is 4.66. The summed E-state index contributed by atoms with van der Waals surface area (Å²) in [7, 11) is 0. The summed E-state index contributed by atoms with van der Waals surface area (Å²) in [6, 6.07) is 3.04. The number of alkyl halides is 3. The summed E-state index contributed by atoms with van der Waals surface area (Å²) in [4.78, 5) is 4.07. The third-order valence-electron chi connectivity index (χ3n) is 3.02. The summed E-state index contributed by atoms with van der Waals surface area (Å²) in [5.41, 5.74) is 4.41. The summed E-state index contributed by atoms with van der Waals surface area (Å²) in [5, 5.41) is 12.9. The molecule has 114 valence electrons. The highest BCUT2D eigenvalue weighted by molar-refractivity contribution is 5.58. The number of hydrogen-bond acceptors (Lipinski definition) is 5. The Kier molecular flexibility index (Phi) is 4.17. The van der Waals surface area contributed by atoms with Crippen LogP contribution in [0.4, 0.5) is 13.2 Å². The van der Waals surface area contributed by atoms with Gasteiger partial charge in [-0.1, -0.05) is 12.1 Å². The number of nitrogens with zero attached hydrogens (tertiary/aromatic N) is 2. The molecular weight excluding hydrogens is 287 g/mol. The molecule has 3 N–H and O–H groups in total. The number of nitrogens with two attached hydrogens (primary N) is 1. The predicted octanol–water partition coefficient (Wildman–Crippen LogP) is 2.91. The average Bonchev–Trinajstić information content (AvgIpc) is 2.88. The lowest BCUT2D eigenvalue weighted by Crippen LogP contribution is -2.05. The summed E-state index contributed by atoms with van der Waals surface area (Å²) >= 11 is 0. The molecule has 0 spiro atoms. The molecule has 5 nitrogen and oxygen atoms in total. The Morgan fingerprint density at radius 1 is 1.38 bits per heavy atom. The first-order chi connectivity index (χ1) is 9.82. The maximum Gasteiger partial charge on any atom is 0.419 e. The third-order valence-corrected chi connectivity index (χ3v) is 3.02. The molecule has 2 rings (SSSR count). The quantitative estimate of drug-likeness (QED) is 0.907. The largest absolute Gasteiger partial charge is 0.507 e. The molecule has 0 fully saturated rings. The first-order valence-electron chi connectivity index (χ1n) is 6.27. The van der Waals surface area contributed by atoms with Crippen molar-refractivity contribution in [2.75, 3.05) is 6.54 Å². The van der Waals surface area contributed by atoms with Gasteiger partial charge in [0.15, 0.2) is 0 Å². The zero-order valence-electron chi connectivity index (χ0n) is 11.2. The Hall–Kier alpha value is -2.09. The van der Waals surface area contributed by atoms with Crippen LogP contribution in [0.2, 0.25) is 0 Å². The monoisotopic (exact) mass is 301 g/mol. The molecule has 0 aliphatic carbocycles. The van der Waals surface area contributed by atoms with Gasteiger partial charge in [0.2, 0.25) is 11.7 Å². The lowest BCUT2D eigenvalue weighted by Gasteiger charge is -2.09. The van der Waals surface area contributed by atoms with E-state index < -0.39 is 17.5 Å². The van der Waals surface area contributed by atoms with Crippen LogP contribution in [0.25, 0.3) is 11.4 Å². The van der Waals surface area contributed by atoms with Gasteiger partial charge < -0.3 is 15.4 Å². The van der Waals surface area contributed by atoms with Crippen molar-refractivity contribution in [2.24, 2.45) is 5.73 Å². The molecule has 1 unspecified atom stereocenters. The van der Waals surface area contributed by atoms with Gasteiger partial charge in [-0.05, 0) is 31.2 Å². The van der Waals surface area contributed by atoms with Crippen LogP contribution in [-0.2, 0) is 6.18 Å². The second kappa shape index (κ2) is 5.72. The van der Waals surface area contributed by atoms with Crippen molar-refractivity contribution in [3.63, 3.8) is 0 Å². The van der Waals surface area contributed by atoms with Crippen molar-refractivity contribution >= 4 is 0 Å². The topological polar surface area (TPSA) is 85.2 Å². The standard InChI is InChI=1S/C13H14F3N3O2/c1-7(4-5-17)12-18-11(19-21-12)8-2-3-10(20)9(6-8)13(14,15)16/h2-3,6-7,20H,4-5,17H2,1H3. The van der Waals surface area contributed by atoms with E-state index in [0.29, 0.717) is 18.9 Å². The van der Waals surface area contributed by atoms with E-state index >= 15 is 0 Å². The molecule has 0 bridgehead atoms. The molecule has 1 aromatic carbocycles. The summed E-state index contributed by atoms with van der Waals surface area (Å²) in [6.45, 7) is 2.28. The number of phenolic OH excluding ortho intramolecular Hbond substituents is 1. The van der Waals surface area contributed by atoms with Crippen molar-refractivity contribution in [3.05, 3.63) is 29.7 Å². The van der Waals surface area contributed by atoms with E-state index in [2.05, 4.69) is 10.1 Å². The molecule has 0 aliphatic heterocycles. The van der Waals surface area contributed by atoms with Gasteiger partial charge in [0.1, 0.15) is 5.75 Å². The highest BCUT2D eigenvalue weighted by Gasteiger charge is 2.34. The Morgan fingerprint density at radius 3 is 2.71 bits per heavy atom. The molecule has 0 amide bonds. The van der Waals surface area contributed by atoms with Gasteiger partial charge in [-0.2, -0.15) is 18.2 Å². The van der Waals surface area contributed by atoms with Gasteiger partial charge in [0.25, 0.3) is 0 Å². The molecule has 0 saturated carbocycles. The highest BCUT2D eigenvalue weighted by atomic mass is 19.4. The van der Waals surface area contributed by atoms with Gasteiger partial charge in [-0.3, -0.25) is 0 Å². The first kappa shape index (κ1) is 15.3. The van der Waals surface area contributed by atoms with Crippen molar-refractivity contribution in [2.45, 2.75) is 25.4 Å². The minimum atomic E-state index is -4.65. The molecule has 0 aliphatic rings. The lowest BCUT2D eigenvalue weighted by atomic mass is 10.1. The van der Waals surface area contributed by atoms with Crippen LogP contribution in [0.1, 0.15) is 30.7 Å². The van der Waals surface area contributed by atoms with Crippen LogP contribution in [0, 0.1) is 0 Å². The Bertz CT molecular complexity index is 625. The van der Waals surface area contributed by atoms with E-state index in [9.17, 15) is 18.3 Å². The SMILES string of the molecule is CC(CCN)c1nc(-c2ccc(O)c(C(F)(F)F)c2)no1. The van der Waals surface area contributed by atoms with E-state index in [0.717, 1.165) is 12.1 Å². The van der Waals surface area contributed by atoms with Gasteiger partial charge >= 0.3 is 6.18 Å². The lowest BCUT2D eigenvalue weighted by molar-refractivity contribution is -0.138. The minimum absolute atomic E-state index is 0.0411. The van der Waals surface area contributed by atoms with Crippen LogP contribution in [-0.4, -0.2) is 21.8 Å². The van der Waals surface area contributed by atoms with Gasteiger partial charge in [-0.15, -0.1) is 0 Å². The maximum atomic E-state index is 12.7. The van der Waals surface area contributed by atoms with E-state index in [1.165, 1.54) is 6.07 Å². The summed E-state index contributed by atoms with van der Waals surface area (Å²) < 4.78 is 43.2. The molecular formula is C13H14F3N3O2. The second-order valence-corrected chi connectivity index (χ2v) is 4.66. The molecule has 1 aromatic heterocycles. The zero-order chi connectivity index (χ0) is 15.6. The molecule has 1 heterocycles. The number of phenols is 1. The fourth-order valence-corrected chi connectivity index (χ4v) is 1.83. The van der Waals surface area contributed by atoms with Crippen molar-refractivity contribution in [3.8, 4) is 17.1 Å². The van der Waals surface area contributed by atoms with Gasteiger partial charge in [0, 0.05) is 11.5 Å². The fourth-order valence-electron chi connectivity index (χ4n) is 1.83. The maximum absolute atomic E-state index is 12.7. The Balaban J connectivity index is 2.35. The molecule has 2 aromatic rings. The first-order valence-corrected chi connectivity index (χ1v) is 6.27. The van der Waals surface area contributed by atoms with Crippen molar-refractivity contribution in [1.82, 2.24) is 10.1 Å². The van der Waals surface area contributed by atoms with Crippen LogP contribution in [0.3, 0.4) is 0 Å². The number of benzene rings is 1. The van der Waals surface area contributed by atoms with Crippen LogP contribution in [0.5, 0.6) is 5.75 Å². The predicted molar refractivity (Wildman–Crippen MR) is 68.5 cm³/mol.